The number of rotatable bonds is 16. The largest absolute Gasteiger partial charge is 0.497 e. The summed E-state index contributed by atoms with van der Waals surface area (Å²) < 4.78 is 16.4. The van der Waals surface area contributed by atoms with E-state index in [1.807, 2.05) is 24.3 Å². The van der Waals surface area contributed by atoms with E-state index in [4.69, 9.17) is 14.2 Å². The van der Waals surface area contributed by atoms with Gasteiger partial charge in [-0.25, -0.2) is 0 Å². The van der Waals surface area contributed by atoms with Gasteiger partial charge in [-0.3, -0.25) is 24.1 Å². The molecule has 0 spiro atoms. The second-order valence-electron chi connectivity index (χ2n) is 13.2. The van der Waals surface area contributed by atoms with Crippen molar-refractivity contribution in [2.45, 2.75) is 95.5 Å². The molecule has 9 heteroatoms. The number of ether oxygens (including phenoxy) is 3. The number of nitrogens with one attached hydrogen (secondary N) is 1. The Bertz CT molecular complexity index is 1130. The average Bonchev–Trinajstić information content (AvgIpc) is 3.50. The fourth-order valence-corrected chi connectivity index (χ4v) is 6.87. The maximum absolute atomic E-state index is 13.9. The maximum Gasteiger partial charge on any atom is 0.223 e. The predicted molar refractivity (Wildman–Crippen MR) is 156 cm³/mol. The molecule has 4 heterocycles. The maximum atomic E-state index is 13.9. The Balaban J connectivity index is 1.23. The number of benzene rings is 1. The highest BCUT2D eigenvalue weighted by Gasteiger charge is 2.50. The number of fused-ring (bicyclic) bond motifs is 2. The number of methoxy groups -OCH3 is 1. The Morgan fingerprint density at radius 1 is 1.07 bits per heavy atom. The summed E-state index contributed by atoms with van der Waals surface area (Å²) in [7, 11) is 1.59. The molecule has 230 valence electrons. The standard InChI is InChI=1S/C33H46N2O7/c1-21(12-25(36)17-35-18-27-16-28(19-35)42-27)32(39)34-29(14-23-8-10-26(40-3)11-9-23)30(37)15-24(13-22-6-4-5-7-22)31(38)33(2)20-41-33/h8-11,21-22,24,27-29H,4-7,12-20H2,1-3H3,(H,34,39)/t21-,24-,27?,28?,29+,33-/m1/s1. The SMILES string of the molecule is COc1ccc(C[C@H](NC(=O)[C@H](C)CC(=O)CN2CC3CC(C2)O3)C(=O)C[C@@H](CC2CCCC2)C(=O)[C@@]2(C)CO2)cc1. The van der Waals surface area contributed by atoms with E-state index in [9.17, 15) is 19.2 Å². The zero-order valence-corrected chi connectivity index (χ0v) is 25.3. The van der Waals surface area contributed by atoms with Crippen LogP contribution in [0, 0.1) is 17.8 Å². The first-order valence-corrected chi connectivity index (χ1v) is 15.7. The summed E-state index contributed by atoms with van der Waals surface area (Å²) in [6, 6.07) is 6.61. The molecule has 2 bridgehead atoms. The summed E-state index contributed by atoms with van der Waals surface area (Å²) in [6.07, 6.45) is 7.15. The van der Waals surface area contributed by atoms with Crippen LogP contribution >= 0.6 is 0 Å². The molecule has 4 saturated heterocycles. The van der Waals surface area contributed by atoms with Crippen LogP contribution in [0.15, 0.2) is 24.3 Å². The molecule has 1 aromatic carbocycles. The lowest BCUT2D eigenvalue weighted by atomic mass is 9.81. The van der Waals surface area contributed by atoms with E-state index >= 15 is 0 Å². The molecule has 4 aliphatic heterocycles. The van der Waals surface area contributed by atoms with Gasteiger partial charge in [0.2, 0.25) is 5.91 Å². The molecule has 1 saturated carbocycles. The minimum absolute atomic E-state index is 0.00279. The molecule has 1 N–H and O–H groups in total. The van der Waals surface area contributed by atoms with Crippen LogP contribution < -0.4 is 10.1 Å². The quantitative estimate of drug-likeness (QED) is 0.296. The molecule has 0 radical (unpaired) electrons. The first kappa shape index (κ1) is 30.8. The normalized spacial score (nSPS) is 27.4. The molecule has 1 amide bonds. The number of nitrogens with zero attached hydrogens (tertiary/aromatic N) is 1. The summed E-state index contributed by atoms with van der Waals surface area (Å²) >= 11 is 0. The van der Waals surface area contributed by atoms with Crippen LogP contribution in [0.25, 0.3) is 0 Å². The Morgan fingerprint density at radius 2 is 1.71 bits per heavy atom. The lowest BCUT2D eigenvalue weighted by Gasteiger charge is -2.46. The van der Waals surface area contributed by atoms with E-state index in [1.165, 1.54) is 0 Å². The van der Waals surface area contributed by atoms with Crippen molar-refractivity contribution in [1.29, 1.82) is 0 Å². The summed E-state index contributed by atoms with van der Waals surface area (Å²) in [5, 5.41) is 2.96. The summed E-state index contributed by atoms with van der Waals surface area (Å²) in [5.74, 6) is -0.339. The predicted octanol–water partition coefficient (Wildman–Crippen LogP) is 3.30. The Morgan fingerprint density at radius 3 is 2.31 bits per heavy atom. The first-order chi connectivity index (χ1) is 20.1. The molecular weight excluding hydrogens is 536 g/mol. The number of Topliss-reactive ketones (excluding diaryl/α,β-unsaturated/α-hetero) is 3. The third-order valence-corrected chi connectivity index (χ3v) is 9.53. The van der Waals surface area contributed by atoms with Crippen LogP contribution in [-0.4, -0.2) is 85.4 Å². The number of epoxide rings is 1. The Labute approximate surface area is 249 Å². The average molecular weight is 583 g/mol. The molecule has 1 aliphatic carbocycles. The van der Waals surface area contributed by atoms with E-state index in [2.05, 4.69) is 10.2 Å². The summed E-state index contributed by atoms with van der Waals surface area (Å²) in [4.78, 5) is 55.5. The number of carbonyl (C=O) groups excluding carboxylic acids is 4. The number of morpholine rings is 1. The molecule has 5 aliphatic rings. The van der Waals surface area contributed by atoms with Gasteiger partial charge in [0.1, 0.15) is 17.1 Å². The first-order valence-electron chi connectivity index (χ1n) is 15.7. The number of hydrogen-bond donors (Lipinski definition) is 1. The summed E-state index contributed by atoms with van der Waals surface area (Å²) in [5.41, 5.74) is 0.0777. The topological polar surface area (TPSA) is 115 Å². The number of ketones is 3. The monoisotopic (exact) mass is 582 g/mol. The van der Waals surface area contributed by atoms with Crippen molar-refractivity contribution in [1.82, 2.24) is 10.2 Å². The minimum atomic E-state index is -0.804. The third kappa shape index (κ3) is 7.85. The van der Waals surface area contributed by atoms with E-state index in [0.29, 0.717) is 37.7 Å². The van der Waals surface area contributed by atoms with Crippen molar-refractivity contribution >= 4 is 23.3 Å². The van der Waals surface area contributed by atoms with Gasteiger partial charge in [0.05, 0.1) is 38.5 Å². The lowest BCUT2D eigenvalue weighted by Crippen LogP contribution is -2.58. The van der Waals surface area contributed by atoms with Crippen LogP contribution in [0.5, 0.6) is 5.75 Å². The van der Waals surface area contributed by atoms with Crippen molar-refractivity contribution in [3.05, 3.63) is 29.8 Å². The van der Waals surface area contributed by atoms with E-state index < -0.39 is 23.5 Å². The van der Waals surface area contributed by atoms with Gasteiger partial charge in [0.25, 0.3) is 0 Å². The fourth-order valence-electron chi connectivity index (χ4n) is 6.87. The van der Waals surface area contributed by atoms with Gasteiger partial charge >= 0.3 is 0 Å². The van der Waals surface area contributed by atoms with Crippen molar-refractivity contribution in [2.75, 3.05) is 33.4 Å². The van der Waals surface area contributed by atoms with Gasteiger partial charge in [0, 0.05) is 44.2 Å². The molecule has 2 unspecified atom stereocenters. The fraction of sp³-hybridized carbons (Fsp3) is 0.697. The van der Waals surface area contributed by atoms with Gasteiger partial charge in [-0.1, -0.05) is 44.7 Å². The highest BCUT2D eigenvalue weighted by atomic mass is 16.6. The Kier molecular flexibility index (Phi) is 9.80. The zero-order valence-electron chi connectivity index (χ0n) is 25.3. The molecule has 5 fully saturated rings. The van der Waals surface area contributed by atoms with Crippen LogP contribution in [0.1, 0.15) is 70.8 Å². The molecule has 42 heavy (non-hydrogen) atoms. The minimum Gasteiger partial charge on any atom is -0.497 e. The van der Waals surface area contributed by atoms with Crippen LogP contribution in [0.3, 0.4) is 0 Å². The smallest absolute Gasteiger partial charge is 0.223 e. The molecule has 9 nitrogen and oxygen atoms in total. The van der Waals surface area contributed by atoms with Gasteiger partial charge in [-0.05, 0) is 43.4 Å². The third-order valence-electron chi connectivity index (χ3n) is 9.53. The van der Waals surface area contributed by atoms with Crippen molar-refractivity contribution < 1.29 is 33.4 Å². The second-order valence-corrected chi connectivity index (χ2v) is 13.2. The van der Waals surface area contributed by atoms with Crippen LogP contribution in [0.2, 0.25) is 0 Å². The lowest BCUT2D eigenvalue weighted by molar-refractivity contribution is -0.181. The number of hydrogen-bond acceptors (Lipinski definition) is 8. The molecule has 6 atom stereocenters. The number of amides is 1. The van der Waals surface area contributed by atoms with Crippen molar-refractivity contribution in [2.24, 2.45) is 17.8 Å². The van der Waals surface area contributed by atoms with Crippen LogP contribution in [-0.2, 0) is 35.1 Å². The van der Waals surface area contributed by atoms with E-state index in [0.717, 1.165) is 50.8 Å². The van der Waals surface area contributed by atoms with Gasteiger partial charge in [0.15, 0.2) is 11.6 Å². The molecule has 0 aromatic heterocycles. The number of carbonyl (C=O) groups is 4. The van der Waals surface area contributed by atoms with Crippen LogP contribution in [0.4, 0.5) is 0 Å². The van der Waals surface area contributed by atoms with E-state index in [1.54, 1.807) is 21.0 Å². The number of piperidine rings is 1. The Hall–Kier alpha value is -2.62. The second kappa shape index (κ2) is 13.3. The van der Waals surface area contributed by atoms with Crippen molar-refractivity contribution in [3.63, 3.8) is 0 Å². The van der Waals surface area contributed by atoms with Gasteiger partial charge in [-0.2, -0.15) is 0 Å². The molecular formula is C33H46N2O7. The molecule has 6 rings (SSSR count). The zero-order chi connectivity index (χ0) is 29.9. The molecule has 1 aromatic rings. The highest BCUT2D eigenvalue weighted by molar-refractivity contribution is 5.97. The van der Waals surface area contributed by atoms with E-state index in [-0.39, 0.29) is 48.3 Å². The summed E-state index contributed by atoms with van der Waals surface area (Å²) in [6.45, 7) is 5.75. The highest BCUT2D eigenvalue weighted by Crippen LogP contribution is 2.37. The van der Waals surface area contributed by atoms with Crippen molar-refractivity contribution in [3.8, 4) is 5.75 Å². The van der Waals surface area contributed by atoms with Gasteiger partial charge in [-0.15, -0.1) is 0 Å². The van der Waals surface area contributed by atoms with Gasteiger partial charge < -0.3 is 19.5 Å².